The van der Waals surface area contributed by atoms with Gasteiger partial charge in [0.25, 0.3) is 0 Å². The van der Waals surface area contributed by atoms with Gasteiger partial charge in [-0.1, -0.05) is 78.9 Å². The zero-order valence-corrected chi connectivity index (χ0v) is 27.7. The van der Waals surface area contributed by atoms with Crippen molar-refractivity contribution in [3.05, 3.63) is 187 Å². The third kappa shape index (κ3) is 3.41. The van der Waals surface area contributed by atoms with Gasteiger partial charge in [-0.05, 0) is 59.7 Å². The second kappa shape index (κ2) is 10.0. The maximum Gasteiger partial charge on any atom is 0.134 e. The maximum absolute atomic E-state index is 7.14. The van der Waals surface area contributed by atoms with Crippen molar-refractivity contribution in [2.45, 2.75) is 5.41 Å². The van der Waals surface area contributed by atoms with E-state index in [2.05, 4.69) is 142 Å². The normalized spacial score (nSPS) is 13.7. The number of aromatic nitrogens is 5. The Bertz CT molecular complexity index is 2820. The fraction of sp³-hybridized carbons (Fsp3) is 0.0217. The number of hydrogen-bond acceptors (Lipinski definition) is 4. The van der Waals surface area contributed by atoms with Gasteiger partial charge in [0.2, 0.25) is 0 Å². The highest BCUT2D eigenvalue weighted by Gasteiger charge is 2.52. The maximum atomic E-state index is 7.14. The summed E-state index contributed by atoms with van der Waals surface area (Å²) in [6, 6.07) is 49.7. The van der Waals surface area contributed by atoms with Gasteiger partial charge in [-0.15, -0.1) is 0 Å². The average molecular weight is 666 g/mol. The molecule has 1 aliphatic carbocycles. The van der Waals surface area contributed by atoms with Crippen molar-refractivity contribution in [3.63, 3.8) is 0 Å². The first kappa shape index (κ1) is 27.7. The predicted octanol–water partition coefficient (Wildman–Crippen LogP) is 10.5. The van der Waals surface area contributed by atoms with Gasteiger partial charge in [0.15, 0.2) is 0 Å². The fourth-order valence-electron chi connectivity index (χ4n) is 9.17. The summed E-state index contributed by atoms with van der Waals surface area (Å²) in [7, 11) is 0. The standard InChI is InChI=1S/C46H27N5O/c1-4-14-38-30(9-1)31-10-2-5-15-39(31)50(38)28-17-19-34-42(25-28)52-43-26-29(51-40-16-6-3-11-32(40)33-21-24-47-27-41(33)51)18-20-35(43)46(34)36-12-7-22-48-44(36)45-37(46)13-8-23-49-45/h1-27H. The lowest BCUT2D eigenvalue weighted by Gasteiger charge is -2.39. The van der Waals surface area contributed by atoms with Crippen molar-refractivity contribution < 1.29 is 4.74 Å². The molecule has 2 aliphatic rings. The largest absolute Gasteiger partial charge is 0.457 e. The SMILES string of the molecule is c1cnc2c(c1)C1(c3ccc(-n4c5ccccc5c5ccccc54)cc3Oc3cc(-n4c5ccccc5c5ccncc54)ccc31)c1cccnc1-2. The Balaban J connectivity index is 1.16. The molecule has 0 unspecified atom stereocenters. The van der Waals surface area contributed by atoms with E-state index < -0.39 is 5.41 Å². The Hall–Kier alpha value is -7.05. The molecule has 0 amide bonds. The van der Waals surface area contributed by atoms with Crippen LogP contribution in [0.15, 0.2) is 164 Å². The third-order valence-corrected chi connectivity index (χ3v) is 11.2. The quantitative estimate of drug-likeness (QED) is 0.184. The average Bonchev–Trinajstić information content (AvgIpc) is 3.83. The van der Waals surface area contributed by atoms with E-state index >= 15 is 0 Å². The number of fused-ring (bicyclic) bond motifs is 15. The minimum Gasteiger partial charge on any atom is -0.457 e. The number of rotatable bonds is 2. The first-order chi connectivity index (χ1) is 25.8. The molecule has 5 aromatic heterocycles. The summed E-state index contributed by atoms with van der Waals surface area (Å²) in [5.41, 5.74) is 12.0. The van der Waals surface area contributed by atoms with Crippen molar-refractivity contribution in [2.24, 2.45) is 0 Å². The topological polar surface area (TPSA) is 57.8 Å². The van der Waals surface area contributed by atoms with Crippen LogP contribution >= 0.6 is 0 Å². The predicted molar refractivity (Wildman–Crippen MR) is 206 cm³/mol. The summed E-state index contributed by atoms with van der Waals surface area (Å²) < 4.78 is 11.8. The van der Waals surface area contributed by atoms with Crippen LogP contribution in [0, 0.1) is 0 Å². The lowest BCUT2D eigenvalue weighted by molar-refractivity contribution is 0.436. The zero-order valence-electron chi connectivity index (χ0n) is 27.7. The second-order valence-corrected chi connectivity index (χ2v) is 13.6. The molecule has 0 fully saturated rings. The van der Waals surface area contributed by atoms with E-state index in [9.17, 15) is 0 Å². The number of hydrogen-bond donors (Lipinski definition) is 0. The summed E-state index contributed by atoms with van der Waals surface area (Å²) >= 11 is 0. The smallest absolute Gasteiger partial charge is 0.134 e. The molecule has 242 valence electrons. The Morgan fingerprint density at radius 1 is 0.423 bits per heavy atom. The number of benzene rings is 5. The van der Waals surface area contributed by atoms with Crippen molar-refractivity contribution in [1.82, 2.24) is 24.1 Å². The minimum atomic E-state index is -0.684. The number of nitrogens with zero attached hydrogens (tertiary/aromatic N) is 5. The van der Waals surface area contributed by atoms with Crippen LogP contribution in [-0.2, 0) is 5.41 Å². The third-order valence-electron chi connectivity index (χ3n) is 11.2. The first-order valence-electron chi connectivity index (χ1n) is 17.5. The van der Waals surface area contributed by atoms with E-state index in [-0.39, 0.29) is 0 Å². The molecule has 6 heteroatoms. The number of ether oxygens (including phenoxy) is 1. The minimum absolute atomic E-state index is 0.684. The molecule has 0 N–H and O–H groups in total. The summed E-state index contributed by atoms with van der Waals surface area (Å²) in [4.78, 5) is 14.4. The molecule has 6 heterocycles. The molecule has 6 nitrogen and oxygen atoms in total. The number of para-hydroxylation sites is 3. The molecular formula is C46H27N5O. The van der Waals surface area contributed by atoms with Crippen LogP contribution < -0.4 is 4.74 Å². The number of pyridine rings is 3. The molecule has 5 aromatic carbocycles. The summed E-state index contributed by atoms with van der Waals surface area (Å²) in [6.45, 7) is 0. The highest BCUT2D eigenvalue weighted by atomic mass is 16.5. The zero-order chi connectivity index (χ0) is 34.0. The van der Waals surface area contributed by atoms with Gasteiger partial charge in [-0.2, -0.15) is 0 Å². The lowest BCUT2D eigenvalue weighted by atomic mass is 9.66. The van der Waals surface area contributed by atoms with Crippen molar-refractivity contribution in [2.75, 3.05) is 0 Å². The molecule has 1 aliphatic heterocycles. The van der Waals surface area contributed by atoms with Gasteiger partial charge in [0.05, 0.1) is 45.1 Å². The molecular weight excluding hydrogens is 639 g/mol. The molecule has 0 saturated heterocycles. The second-order valence-electron chi connectivity index (χ2n) is 13.6. The van der Waals surface area contributed by atoms with Gasteiger partial charge >= 0.3 is 0 Å². The molecule has 12 rings (SSSR count). The van der Waals surface area contributed by atoms with Crippen LogP contribution in [0.25, 0.3) is 66.4 Å². The van der Waals surface area contributed by atoms with Gasteiger partial charge in [0.1, 0.15) is 11.5 Å². The van der Waals surface area contributed by atoms with E-state index in [1.165, 1.54) is 16.2 Å². The van der Waals surface area contributed by atoms with E-state index in [1.807, 2.05) is 36.9 Å². The van der Waals surface area contributed by atoms with Gasteiger partial charge in [0, 0.05) is 74.8 Å². The van der Waals surface area contributed by atoms with Crippen LogP contribution in [0.3, 0.4) is 0 Å². The molecule has 1 spiro atoms. The lowest BCUT2D eigenvalue weighted by Crippen LogP contribution is -2.32. The van der Waals surface area contributed by atoms with E-state index in [0.717, 1.165) is 84.0 Å². The molecule has 0 saturated carbocycles. The van der Waals surface area contributed by atoms with Crippen molar-refractivity contribution in [3.8, 4) is 34.3 Å². The van der Waals surface area contributed by atoms with Crippen molar-refractivity contribution >= 4 is 43.6 Å². The first-order valence-corrected chi connectivity index (χ1v) is 17.5. The Labute approximate surface area is 297 Å². The van der Waals surface area contributed by atoms with Crippen LogP contribution in [-0.4, -0.2) is 24.1 Å². The van der Waals surface area contributed by atoms with Crippen LogP contribution in [0.2, 0.25) is 0 Å². The van der Waals surface area contributed by atoms with E-state index in [4.69, 9.17) is 14.7 Å². The van der Waals surface area contributed by atoms with Crippen LogP contribution in [0.4, 0.5) is 0 Å². The van der Waals surface area contributed by atoms with Crippen LogP contribution in [0.5, 0.6) is 11.5 Å². The van der Waals surface area contributed by atoms with Crippen LogP contribution in [0.1, 0.15) is 22.3 Å². The van der Waals surface area contributed by atoms with E-state index in [0.29, 0.717) is 0 Å². The molecule has 0 bridgehead atoms. The Morgan fingerprint density at radius 2 is 0.904 bits per heavy atom. The highest BCUT2D eigenvalue weighted by molar-refractivity contribution is 6.10. The molecule has 52 heavy (non-hydrogen) atoms. The summed E-state index contributed by atoms with van der Waals surface area (Å²) in [5, 5.41) is 4.80. The van der Waals surface area contributed by atoms with Gasteiger partial charge in [-0.25, -0.2) is 0 Å². The highest BCUT2D eigenvalue weighted by Crippen LogP contribution is 2.61. The van der Waals surface area contributed by atoms with E-state index in [1.54, 1.807) is 0 Å². The summed E-state index contributed by atoms with van der Waals surface area (Å²) in [6.07, 6.45) is 7.54. The monoisotopic (exact) mass is 665 g/mol. The summed E-state index contributed by atoms with van der Waals surface area (Å²) in [5.74, 6) is 1.60. The molecule has 0 atom stereocenters. The molecule has 0 radical (unpaired) electrons. The Morgan fingerprint density at radius 3 is 1.44 bits per heavy atom. The fourth-order valence-corrected chi connectivity index (χ4v) is 9.17. The van der Waals surface area contributed by atoms with Crippen molar-refractivity contribution in [1.29, 1.82) is 0 Å². The van der Waals surface area contributed by atoms with Gasteiger partial charge in [-0.3, -0.25) is 15.0 Å². The van der Waals surface area contributed by atoms with Gasteiger partial charge < -0.3 is 13.9 Å². The Kier molecular flexibility index (Phi) is 5.34. The molecule has 10 aromatic rings.